The molecule has 1 saturated heterocycles. The van der Waals surface area contributed by atoms with Gasteiger partial charge in [-0.25, -0.2) is 13.8 Å². The molecule has 1 unspecified atom stereocenters. The van der Waals surface area contributed by atoms with Gasteiger partial charge in [0.15, 0.2) is 17.4 Å². The fourth-order valence-electron chi connectivity index (χ4n) is 5.75. The monoisotopic (exact) mass is 492 g/mol. The Kier molecular flexibility index (Phi) is 4.87. The Balaban J connectivity index is 1.63. The minimum atomic E-state index is -5.17. The highest BCUT2D eigenvalue weighted by atomic mass is 19.4. The Bertz CT molecular complexity index is 1330. The third-order valence-corrected chi connectivity index (χ3v) is 7.44. The van der Waals surface area contributed by atoms with Crippen LogP contribution in [0.1, 0.15) is 55.8 Å². The number of rotatable bonds is 5. The molecule has 3 atom stereocenters. The maximum Gasteiger partial charge on any atom is 0.573 e. The lowest BCUT2D eigenvalue weighted by molar-refractivity contribution is -0.275. The number of nitrogen functional groups attached to an aromatic ring is 1. The van der Waals surface area contributed by atoms with Crippen molar-refractivity contribution in [1.29, 1.82) is 0 Å². The Morgan fingerprint density at radius 1 is 1.14 bits per heavy atom. The molecule has 10 heteroatoms. The van der Waals surface area contributed by atoms with E-state index in [1.54, 1.807) is 0 Å². The van der Waals surface area contributed by atoms with Crippen molar-refractivity contribution >= 4 is 16.6 Å². The number of ether oxygens (including phenoxy) is 1. The van der Waals surface area contributed by atoms with Crippen LogP contribution in [0.3, 0.4) is 0 Å². The molecule has 6 rings (SSSR count). The molecule has 1 aliphatic heterocycles. The number of anilines is 1. The summed E-state index contributed by atoms with van der Waals surface area (Å²) < 4.78 is 76.2. The van der Waals surface area contributed by atoms with Crippen LogP contribution in [0.2, 0.25) is 0 Å². The summed E-state index contributed by atoms with van der Waals surface area (Å²) in [7, 11) is 0. The summed E-state index contributed by atoms with van der Waals surface area (Å²) in [6.45, 7) is 5.64. The second kappa shape index (κ2) is 7.56. The van der Waals surface area contributed by atoms with Gasteiger partial charge in [-0.05, 0) is 61.2 Å². The zero-order valence-electron chi connectivity index (χ0n) is 19.2. The third-order valence-electron chi connectivity index (χ3n) is 7.44. The van der Waals surface area contributed by atoms with E-state index in [-0.39, 0.29) is 17.6 Å². The van der Waals surface area contributed by atoms with Crippen LogP contribution in [0.15, 0.2) is 18.3 Å². The summed E-state index contributed by atoms with van der Waals surface area (Å²) in [5.41, 5.74) is 6.68. The van der Waals surface area contributed by atoms with Crippen LogP contribution in [-0.4, -0.2) is 29.0 Å². The first-order valence-electron chi connectivity index (χ1n) is 11.8. The van der Waals surface area contributed by atoms with Crippen molar-refractivity contribution in [1.82, 2.24) is 14.9 Å². The number of pyridine rings is 1. The fraction of sp³-hybridized carbons (Fsp3) is 0.480. The number of alkyl halides is 3. The second-order valence-corrected chi connectivity index (χ2v) is 10.2. The highest BCUT2D eigenvalue weighted by Crippen LogP contribution is 2.59. The maximum absolute atomic E-state index is 16.3. The van der Waals surface area contributed by atoms with E-state index >= 15 is 4.39 Å². The number of nitrogens with zero attached hydrogens (tertiary/aromatic N) is 2. The number of benzene rings is 1. The van der Waals surface area contributed by atoms with Crippen LogP contribution in [0, 0.1) is 23.5 Å². The number of aromatic nitrogens is 2. The molecule has 3 fully saturated rings. The molecule has 0 amide bonds. The van der Waals surface area contributed by atoms with E-state index in [9.17, 15) is 17.6 Å². The van der Waals surface area contributed by atoms with Crippen molar-refractivity contribution in [3.05, 3.63) is 41.2 Å². The van der Waals surface area contributed by atoms with Gasteiger partial charge in [-0.1, -0.05) is 13.8 Å². The third kappa shape index (κ3) is 3.64. The fourth-order valence-corrected chi connectivity index (χ4v) is 5.75. The summed E-state index contributed by atoms with van der Waals surface area (Å²) >= 11 is 0. The number of hydrogen-bond donors (Lipinski definition) is 2. The van der Waals surface area contributed by atoms with Crippen LogP contribution in [0.5, 0.6) is 5.75 Å². The molecule has 0 bridgehead atoms. The van der Waals surface area contributed by atoms with E-state index in [0.717, 1.165) is 49.0 Å². The number of nitrogens with one attached hydrogen (secondary N) is 1. The number of halogens is 5. The molecule has 5 nitrogen and oxygen atoms in total. The van der Waals surface area contributed by atoms with Crippen molar-refractivity contribution < 1.29 is 26.7 Å². The van der Waals surface area contributed by atoms with Crippen molar-refractivity contribution in [2.75, 3.05) is 18.8 Å². The molecular weight excluding hydrogens is 467 g/mol. The molecule has 3 aliphatic rings. The lowest BCUT2D eigenvalue weighted by atomic mass is 9.97. The van der Waals surface area contributed by atoms with Crippen molar-refractivity contribution in [3.63, 3.8) is 0 Å². The number of piperidine rings is 1. The van der Waals surface area contributed by atoms with Gasteiger partial charge in [0.2, 0.25) is 0 Å². The van der Waals surface area contributed by atoms with Gasteiger partial charge in [-0.15, -0.1) is 13.2 Å². The molecule has 3 N–H and O–H groups in total. The normalized spacial score (nSPS) is 23.8. The summed E-state index contributed by atoms with van der Waals surface area (Å²) in [6.07, 6.45) is -1.37. The zero-order valence-corrected chi connectivity index (χ0v) is 19.2. The average molecular weight is 492 g/mol. The second-order valence-electron chi connectivity index (χ2n) is 10.2. The van der Waals surface area contributed by atoms with E-state index in [1.807, 2.05) is 24.6 Å². The number of nitrogens with two attached hydrogens (primary N) is 1. The van der Waals surface area contributed by atoms with Gasteiger partial charge < -0.3 is 20.4 Å². The molecule has 1 aromatic carbocycles. The highest BCUT2D eigenvalue weighted by Gasteiger charge is 2.55. The largest absolute Gasteiger partial charge is 0.573 e. The van der Waals surface area contributed by atoms with E-state index in [1.165, 1.54) is 0 Å². The molecule has 186 valence electrons. The first kappa shape index (κ1) is 22.6. The smallest absolute Gasteiger partial charge is 0.402 e. The number of hydrogen-bond acceptors (Lipinski definition) is 4. The van der Waals surface area contributed by atoms with Crippen LogP contribution in [0.25, 0.3) is 22.2 Å². The Morgan fingerprint density at radius 2 is 1.83 bits per heavy atom. The van der Waals surface area contributed by atoms with E-state index < -0.39 is 35.0 Å². The SMILES string of the molecule is CC(C)c1nc(-c2cc(N)cc(F)c2OC(F)(F)F)c(F)c2c1c(C1[C@H]3CNC[C@@H]13)cn2C1CC1. The molecule has 2 saturated carbocycles. The highest BCUT2D eigenvalue weighted by molar-refractivity contribution is 5.92. The lowest BCUT2D eigenvalue weighted by Gasteiger charge is -2.18. The molecule has 3 heterocycles. The quantitative estimate of drug-likeness (QED) is 0.346. The van der Waals surface area contributed by atoms with Crippen LogP contribution in [0.4, 0.5) is 27.6 Å². The molecule has 0 radical (unpaired) electrons. The molecule has 2 aliphatic carbocycles. The lowest BCUT2D eigenvalue weighted by Crippen LogP contribution is -2.19. The Labute approximate surface area is 198 Å². The standard InChI is InChI=1S/C25H25F5N4O/c1-10(2)21-19-16(18-14-7-32-8-15(14)18)9-34(12-3-4-12)23(19)20(27)22(33-21)13-5-11(31)6-17(26)24(13)35-25(28,29)30/h5-6,9-10,12,14-15,18,32H,3-4,7-8,31H2,1-2H3/t14-,15+,18?. The van der Waals surface area contributed by atoms with Gasteiger partial charge in [-0.2, -0.15) is 0 Å². The molecule has 35 heavy (non-hydrogen) atoms. The first-order valence-corrected chi connectivity index (χ1v) is 11.8. The Morgan fingerprint density at radius 3 is 2.43 bits per heavy atom. The van der Waals surface area contributed by atoms with Gasteiger partial charge in [0.25, 0.3) is 0 Å². The van der Waals surface area contributed by atoms with Crippen LogP contribution >= 0.6 is 0 Å². The summed E-state index contributed by atoms with van der Waals surface area (Å²) in [6, 6.07) is 1.92. The van der Waals surface area contributed by atoms with E-state index in [2.05, 4.69) is 15.0 Å². The van der Waals surface area contributed by atoms with E-state index in [0.29, 0.717) is 29.0 Å². The maximum atomic E-state index is 16.3. The van der Waals surface area contributed by atoms with Crippen LogP contribution < -0.4 is 15.8 Å². The van der Waals surface area contributed by atoms with Gasteiger partial charge >= 0.3 is 6.36 Å². The first-order chi connectivity index (χ1) is 16.5. The summed E-state index contributed by atoms with van der Waals surface area (Å²) in [5, 5.41) is 4.11. The summed E-state index contributed by atoms with van der Waals surface area (Å²) in [4.78, 5) is 4.53. The minimum absolute atomic E-state index is 0.121. The molecular formula is C25H25F5N4O. The average Bonchev–Trinajstić information content (AvgIpc) is 3.64. The van der Waals surface area contributed by atoms with E-state index in [4.69, 9.17) is 5.73 Å². The number of fused-ring (bicyclic) bond motifs is 2. The van der Waals surface area contributed by atoms with Crippen LogP contribution in [-0.2, 0) is 0 Å². The van der Waals surface area contributed by atoms with Crippen molar-refractivity contribution in [2.24, 2.45) is 11.8 Å². The van der Waals surface area contributed by atoms with Crippen molar-refractivity contribution in [2.45, 2.75) is 50.9 Å². The molecule has 2 aromatic heterocycles. The van der Waals surface area contributed by atoms with Gasteiger partial charge in [0.05, 0.1) is 16.8 Å². The predicted molar refractivity (Wildman–Crippen MR) is 121 cm³/mol. The summed E-state index contributed by atoms with van der Waals surface area (Å²) in [5.74, 6) is -2.13. The Hall–Kier alpha value is -2.88. The van der Waals surface area contributed by atoms with Crippen molar-refractivity contribution in [3.8, 4) is 17.0 Å². The van der Waals surface area contributed by atoms with Gasteiger partial charge in [-0.3, -0.25) is 0 Å². The molecule has 0 spiro atoms. The zero-order chi connectivity index (χ0) is 24.8. The minimum Gasteiger partial charge on any atom is -0.402 e. The van der Waals surface area contributed by atoms with Gasteiger partial charge in [0, 0.05) is 29.4 Å². The topological polar surface area (TPSA) is 65.1 Å². The predicted octanol–water partition coefficient (Wildman–Crippen LogP) is 5.85. The molecule has 3 aromatic rings. The van der Waals surface area contributed by atoms with Gasteiger partial charge in [0.1, 0.15) is 5.69 Å².